The summed E-state index contributed by atoms with van der Waals surface area (Å²) in [4.78, 5) is 39.2. The van der Waals surface area contributed by atoms with Crippen LogP contribution in [0.3, 0.4) is 0 Å². The van der Waals surface area contributed by atoms with Crippen LogP contribution in [0.15, 0.2) is 44.9 Å². The van der Waals surface area contributed by atoms with Crippen molar-refractivity contribution >= 4 is 34.5 Å². The van der Waals surface area contributed by atoms with E-state index in [0.29, 0.717) is 16.1 Å². The van der Waals surface area contributed by atoms with Gasteiger partial charge in [0.25, 0.3) is 5.89 Å². The van der Waals surface area contributed by atoms with Crippen molar-refractivity contribution in [1.82, 2.24) is 9.78 Å². The zero-order chi connectivity index (χ0) is 21.1. The molecule has 30 heavy (non-hydrogen) atoms. The fourth-order valence-electron chi connectivity index (χ4n) is 3.43. The second-order valence-corrected chi connectivity index (χ2v) is 7.95. The third-order valence-electron chi connectivity index (χ3n) is 4.88. The molecular weight excluding hydrogens is 406 g/mol. The maximum absolute atomic E-state index is 12.7. The maximum atomic E-state index is 12.7. The summed E-state index contributed by atoms with van der Waals surface area (Å²) >= 11 is 1.38. The Bertz CT molecular complexity index is 1110. The van der Waals surface area contributed by atoms with E-state index in [1.807, 2.05) is 11.4 Å². The van der Waals surface area contributed by atoms with Crippen molar-refractivity contribution < 1.29 is 14.0 Å². The fraction of sp³-hybridized carbons (Fsp3) is 0.300. The number of hydrogen-bond donors (Lipinski definition) is 2. The maximum Gasteiger partial charge on any atom is 0.437 e. The average Bonchev–Trinajstić information content (AvgIpc) is 3.39. The van der Waals surface area contributed by atoms with Gasteiger partial charge in [-0.25, -0.2) is 4.79 Å². The SMILES string of the molecule is NC(=O)c1ccc(N2CCCCC2)c(NC(=O)Cn2nc(-c3cccs3)oc2=O)c1. The minimum absolute atomic E-state index is 0.174. The van der Waals surface area contributed by atoms with Crippen molar-refractivity contribution in [2.45, 2.75) is 25.8 Å². The summed E-state index contributed by atoms with van der Waals surface area (Å²) in [6, 6.07) is 8.60. The Labute approximate surface area is 176 Å². The number of carbonyl (C=O) groups excluding carboxylic acids is 2. The van der Waals surface area contributed by atoms with Crippen LogP contribution in [0, 0.1) is 0 Å². The predicted molar refractivity (Wildman–Crippen MR) is 114 cm³/mol. The van der Waals surface area contributed by atoms with Crippen LogP contribution in [-0.2, 0) is 11.3 Å². The lowest BCUT2D eigenvalue weighted by Crippen LogP contribution is -2.31. The molecule has 1 saturated heterocycles. The van der Waals surface area contributed by atoms with Gasteiger partial charge < -0.3 is 20.4 Å². The zero-order valence-corrected chi connectivity index (χ0v) is 17.0. The van der Waals surface area contributed by atoms with Gasteiger partial charge in [-0.2, -0.15) is 4.68 Å². The van der Waals surface area contributed by atoms with Crippen molar-refractivity contribution in [1.29, 1.82) is 0 Å². The van der Waals surface area contributed by atoms with Gasteiger partial charge in [0.2, 0.25) is 11.8 Å². The van der Waals surface area contributed by atoms with Crippen LogP contribution < -0.4 is 21.7 Å². The molecule has 3 heterocycles. The van der Waals surface area contributed by atoms with E-state index in [2.05, 4.69) is 15.3 Å². The number of rotatable bonds is 6. The lowest BCUT2D eigenvalue weighted by atomic mass is 10.1. The van der Waals surface area contributed by atoms with Crippen molar-refractivity contribution in [2.24, 2.45) is 5.73 Å². The molecule has 2 aromatic heterocycles. The van der Waals surface area contributed by atoms with Crippen molar-refractivity contribution in [2.75, 3.05) is 23.3 Å². The molecule has 0 spiro atoms. The van der Waals surface area contributed by atoms with Crippen LogP contribution in [0.25, 0.3) is 10.8 Å². The second kappa shape index (κ2) is 8.54. The highest BCUT2D eigenvalue weighted by Crippen LogP contribution is 2.30. The van der Waals surface area contributed by atoms with Gasteiger partial charge in [-0.1, -0.05) is 6.07 Å². The molecule has 0 radical (unpaired) electrons. The lowest BCUT2D eigenvalue weighted by Gasteiger charge is -2.30. The van der Waals surface area contributed by atoms with Gasteiger partial charge in [0.05, 0.1) is 16.3 Å². The van der Waals surface area contributed by atoms with Gasteiger partial charge in [-0.15, -0.1) is 16.4 Å². The third kappa shape index (κ3) is 4.28. The number of nitrogens with one attached hydrogen (secondary N) is 1. The molecule has 1 aliphatic heterocycles. The number of primary amides is 1. The summed E-state index contributed by atoms with van der Waals surface area (Å²) in [6.45, 7) is 1.42. The first-order valence-electron chi connectivity index (χ1n) is 9.62. The first-order valence-corrected chi connectivity index (χ1v) is 10.5. The Morgan fingerprint density at radius 1 is 1.20 bits per heavy atom. The molecule has 0 unspecified atom stereocenters. The normalized spacial score (nSPS) is 13.9. The largest absolute Gasteiger partial charge is 0.437 e. The van der Waals surface area contributed by atoms with Gasteiger partial charge in [0.15, 0.2) is 0 Å². The number of nitrogens with zero attached hydrogens (tertiary/aromatic N) is 3. The van der Waals surface area contributed by atoms with Crippen molar-refractivity contribution in [3.63, 3.8) is 0 Å². The van der Waals surface area contributed by atoms with Gasteiger partial charge in [-0.05, 0) is 48.9 Å². The average molecular weight is 427 g/mol. The molecule has 1 aromatic carbocycles. The summed E-state index contributed by atoms with van der Waals surface area (Å²) < 4.78 is 6.11. The first-order chi connectivity index (χ1) is 14.5. The summed E-state index contributed by atoms with van der Waals surface area (Å²) in [7, 11) is 0. The number of aromatic nitrogens is 2. The van der Waals surface area contributed by atoms with Gasteiger partial charge in [-0.3, -0.25) is 9.59 Å². The van der Waals surface area contributed by atoms with E-state index in [-0.39, 0.29) is 12.4 Å². The van der Waals surface area contributed by atoms with Crippen LogP contribution >= 0.6 is 11.3 Å². The topological polar surface area (TPSA) is 123 Å². The third-order valence-corrected chi connectivity index (χ3v) is 5.74. The Morgan fingerprint density at radius 2 is 2.00 bits per heavy atom. The number of nitrogens with two attached hydrogens (primary N) is 1. The number of amides is 2. The molecule has 9 nitrogen and oxygen atoms in total. The molecule has 1 fully saturated rings. The van der Waals surface area contributed by atoms with Crippen LogP contribution in [0.4, 0.5) is 11.4 Å². The number of carbonyl (C=O) groups is 2. The van der Waals surface area contributed by atoms with Crippen LogP contribution in [-0.4, -0.2) is 34.7 Å². The number of anilines is 2. The van der Waals surface area contributed by atoms with Gasteiger partial charge in [0, 0.05) is 18.7 Å². The Kier molecular flexibility index (Phi) is 5.66. The number of benzene rings is 1. The molecule has 0 bridgehead atoms. The molecule has 10 heteroatoms. The Morgan fingerprint density at radius 3 is 2.70 bits per heavy atom. The number of piperidine rings is 1. The molecule has 4 rings (SSSR count). The Balaban J connectivity index is 1.55. The highest BCUT2D eigenvalue weighted by atomic mass is 32.1. The van der Waals surface area contributed by atoms with E-state index in [1.165, 1.54) is 17.8 Å². The van der Waals surface area contributed by atoms with Crippen LogP contribution in [0.2, 0.25) is 0 Å². The Hall–Kier alpha value is -3.40. The van der Waals surface area contributed by atoms with E-state index in [9.17, 15) is 14.4 Å². The van der Waals surface area contributed by atoms with Gasteiger partial charge >= 0.3 is 5.76 Å². The molecule has 2 amide bonds. The molecule has 3 N–H and O–H groups in total. The smallest absolute Gasteiger partial charge is 0.387 e. The summed E-state index contributed by atoms with van der Waals surface area (Å²) in [5, 5.41) is 8.73. The van der Waals surface area contributed by atoms with Crippen molar-refractivity contribution in [3.05, 3.63) is 51.8 Å². The summed E-state index contributed by atoms with van der Waals surface area (Å²) in [6.07, 6.45) is 3.29. The molecule has 156 valence electrons. The van der Waals surface area contributed by atoms with Gasteiger partial charge in [0.1, 0.15) is 6.54 Å². The predicted octanol–water partition coefficient (Wildman–Crippen LogP) is 2.29. The second-order valence-electron chi connectivity index (χ2n) is 7.00. The highest BCUT2D eigenvalue weighted by molar-refractivity contribution is 7.13. The molecular formula is C20H21N5O4S. The highest BCUT2D eigenvalue weighted by Gasteiger charge is 2.19. The number of hydrogen-bond acceptors (Lipinski definition) is 7. The van der Waals surface area contributed by atoms with Crippen LogP contribution in [0.5, 0.6) is 0 Å². The monoisotopic (exact) mass is 427 g/mol. The standard InChI is InChI=1S/C20H21N5O4S/c21-18(27)13-6-7-15(24-8-2-1-3-9-24)14(11-13)22-17(26)12-25-20(28)29-19(23-25)16-5-4-10-30-16/h4-7,10-11H,1-3,8-9,12H2,(H2,21,27)(H,22,26). The minimum Gasteiger partial charge on any atom is -0.387 e. The molecule has 1 aliphatic rings. The lowest BCUT2D eigenvalue weighted by molar-refractivity contribution is -0.117. The van der Waals surface area contributed by atoms with E-state index in [4.69, 9.17) is 10.2 Å². The summed E-state index contributed by atoms with van der Waals surface area (Å²) in [5.41, 5.74) is 7.00. The first kappa shape index (κ1) is 19.9. The zero-order valence-electron chi connectivity index (χ0n) is 16.2. The number of thiophene rings is 1. The molecule has 0 aliphatic carbocycles. The van der Waals surface area contributed by atoms with Crippen molar-refractivity contribution in [3.8, 4) is 10.8 Å². The van der Waals surface area contributed by atoms with E-state index < -0.39 is 17.6 Å². The molecule has 0 saturated carbocycles. The minimum atomic E-state index is -0.712. The molecule has 3 aromatic rings. The quantitative estimate of drug-likeness (QED) is 0.622. The van der Waals surface area contributed by atoms with E-state index >= 15 is 0 Å². The summed E-state index contributed by atoms with van der Waals surface area (Å²) in [5.74, 6) is -1.57. The van der Waals surface area contributed by atoms with E-state index in [1.54, 1.807) is 24.3 Å². The molecule has 0 atom stereocenters. The van der Waals surface area contributed by atoms with Crippen LogP contribution in [0.1, 0.15) is 29.6 Å². The van der Waals surface area contributed by atoms with E-state index in [0.717, 1.165) is 36.3 Å². The fourth-order valence-corrected chi connectivity index (χ4v) is 4.08.